The first kappa shape index (κ1) is 26.3. The minimum atomic E-state index is -3.23. The Morgan fingerprint density at radius 1 is 1.16 bits per heavy atom. The molecule has 1 aliphatic carbocycles. The molecule has 1 aromatic heterocycles. The maximum absolute atomic E-state index is 13.7. The number of guanidine groups is 1. The topological polar surface area (TPSA) is 92.7 Å². The quantitative estimate of drug-likeness (QED) is 0.284. The Morgan fingerprint density at radius 3 is 2.56 bits per heavy atom. The third kappa shape index (κ3) is 8.53. The van der Waals surface area contributed by atoms with Crippen LogP contribution in [0.2, 0.25) is 0 Å². The molecule has 1 fully saturated rings. The first-order valence-electron chi connectivity index (χ1n) is 10.3. The summed E-state index contributed by atoms with van der Waals surface area (Å²) >= 11 is 0. The normalized spacial score (nSPS) is 14.7. The molecule has 3 rings (SSSR count). The number of aliphatic imine (C=N–C) groups is 1. The maximum atomic E-state index is 13.7. The van der Waals surface area contributed by atoms with Crippen LogP contribution in [-0.4, -0.2) is 38.8 Å². The van der Waals surface area contributed by atoms with E-state index in [1.54, 1.807) is 13.2 Å². The number of hydrogen-bond acceptors (Lipinski definition) is 5. The zero-order valence-electron chi connectivity index (χ0n) is 18.3. The van der Waals surface area contributed by atoms with Crippen molar-refractivity contribution in [3.05, 3.63) is 59.0 Å². The van der Waals surface area contributed by atoms with Crippen LogP contribution in [0, 0.1) is 5.82 Å². The van der Waals surface area contributed by atoms with Crippen molar-refractivity contribution in [2.75, 3.05) is 13.3 Å². The fourth-order valence-corrected chi connectivity index (χ4v) is 4.42. The molecule has 1 saturated carbocycles. The van der Waals surface area contributed by atoms with E-state index in [2.05, 4.69) is 20.6 Å². The highest BCUT2D eigenvalue weighted by atomic mass is 127. The Hall–Kier alpha value is -1.95. The Bertz CT molecular complexity index is 1030. The predicted molar refractivity (Wildman–Crippen MR) is 135 cm³/mol. The number of sulfone groups is 1. The van der Waals surface area contributed by atoms with Gasteiger partial charge in [-0.15, -0.1) is 24.0 Å². The second kappa shape index (κ2) is 12.3. The van der Waals surface area contributed by atoms with Gasteiger partial charge in [-0.3, -0.25) is 4.99 Å². The van der Waals surface area contributed by atoms with Crippen molar-refractivity contribution in [3.8, 4) is 5.88 Å². The van der Waals surface area contributed by atoms with Gasteiger partial charge >= 0.3 is 0 Å². The Balaban J connectivity index is 0.00000363. The largest absolute Gasteiger partial charge is 0.474 e. The van der Waals surface area contributed by atoms with E-state index >= 15 is 0 Å². The number of benzene rings is 1. The van der Waals surface area contributed by atoms with Crippen LogP contribution in [0.15, 0.2) is 41.5 Å². The molecular formula is C22H30FIN4O3S. The zero-order chi connectivity index (χ0) is 22.3. The molecule has 0 atom stereocenters. The summed E-state index contributed by atoms with van der Waals surface area (Å²) in [5.41, 5.74) is 2.13. The van der Waals surface area contributed by atoms with E-state index in [4.69, 9.17) is 4.74 Å². The minimum absolute atomic E-state index is 0. The van der Waals surface area contributed by atoms with Gasteiger partial charge in [-0.2, -0.15) is 0 Å². The number of hydrogen-bond donors (Lipinski definition) is 2. The number of halogens is 2. The molecule has 0 radical (unpaired) electrons. The molecular weight excluding hydrogens is 546 g/mol. The van der Waals surface area contributed by atoms with Crippen LogP contribution in [0.5, 0.6) is 5.88 Å². The van der Waals surface area contributed by atoms with Gasteiger partial charge in [0.1, 0.15) is 11.9 Å². The average molecular weight is 576 g/mol. The van der Waals surface area contributed by atoms with Gasteiger partial charge in [-0.25, -0.2) is 17.8 Å². The number of nitrogens with one attached hydrogen (secondary N) is 2. The van der Waals surface area contributed by atoms with Crippen LogP contribution in [0.4, 0.5) is 4.39 Å². The van der Waals surface area contributed by atoms with E-state index in [1.165, 1.54) is 31.0 Å². The molecule has 1 heterocycles. The Morgan fingerprint density at radius 2 is 1.88 bits per heavy atom. The van der Waals surface area contributed by atoms with Gasteiger partial charge in [0.05, 0.1) is 5.75 Å². The SMILES string of the molecule is CN=C(NCc1ccnc(OC2CCCC2)c1)NCc1cc(F)ccc1CS(C)(=O)=O.I. The predicted octanol–water partition coefficient (Wildman–Crippen LogP) is 3.57. The third-order valence-electron chi connectivity index (χ3n) is 5.10. The van der Waals surface area contributed by atoms with E-state index in [9.17, 15) is 12.8 Å². The van der Waals surface area contributed by atoms with Crippen LogP contribution in [0.25, 0.3) is 0 Å². The lowest BCUT2D eigenvalue weighted by Crippen LogP contribution is -2.36. The molecule has 0 spiro atoms. The number of rotatable bonds is 8. The van der Waals surface area contributed by atoms with E-state index in [0.717, 1.165) is 24.7 Å². The van der Waals surface area contributed by atoms with Crippen LogP contribution >= 0.6 is 24.0 Å². The lowest BCUT2D eigenvalue weighted by atomic mass is 10.1. The van der Waals surface area contributed by atoms with E-state index in [-0.39, 0.29) is 42.4 Å². The van der Waals surface area contributed by atoms with Gasteiger partial charge in [0.2, 0.25) is 5.88 Å². The van der Waals surface area contributed by atoms with Crippen molar-refractivity contribution in [2.24, 2.45) is 4.99 Å². The maximum Gasteiger partial charge on any atom is 0.213 e. The van der Waals surface area contributed by atoms with Crippen molar-refractivity contribution in [1.29, 1.82) is 0 Å². The summed E-state index contributed by atoms with van der Waals surface area (Å²) in [6.07, 6.45) is 7.67. The molecule has 32 heavy (non-hydrogen) atoms. The van der Waals surface area contributed by atoms with Crippen LogP contribution in [0.1, 0.15) is 42.4 Å². The molecule has 0 unspecified atom stereocenters. The average Bonchev–Trinajstić information content (AvgIpc) is 3.22. The molecule has 7 nitrogen and oxygen atoms in total. The van der Waals surface area contributed by atoms with Crippen molar-refractivity contribution >= 4 is 39.8 Å². The van der Waals surface area contributed by atoms with E-state index < -0.39 is 15.7 Å². The van der Waals surface area contributed by atoms with E-state index in [0.29, 0.717) is 29.5 Å². The lowest BCUT2D eigenvalue weighted by Gasteiger charge is -2.15. The highest BCUT2D eigenvalue weighted by Gasteiger charge is 2.17. The molecule has 176 valence electrons. The lowest BCUT2D eigenvalue weighted by molar-refractivity contribution is 0.201. The molecule has 0 saturated heterocycles. The van der Waals surface area contributed by atoms with Crippen molar-refractivity contribution in [1.82, 2.24) is 15.6 Å². The first-order chi connectivity index (χ1) is 14.8. The summed E-state index contributed by atoms with van der Waals surface area (Å²) < 4.78 is 43.0. The number of nitrogens with zero attached hydrogens (tertiary/aromatic N) is 2. The standard InChI is InChI=1S/C22H29FN4O3S.HI/c1-24-22(27-14-18-12-19(23)8-7-17(18)15-31(2,28)29)26-13-16-9-10-25-21(11-16)30-20-5-3-4-6-20;/h7-12,20H,3-6,13-15H2,1-2H3,(H2,24,26,27);1H. The number of pyridine rings is 1. The monoisotopic (exact) mass is 576 g/mol. The number of aromatic nitrogens is 1. The molecule has 10 heteroatoms. The minimum Gasteiger partial charge on any atom is -0.474 e. The molecule has 0 aliphatic heterocycles. The fourth-order valence-electron chi connectivity index (χ4n) is 3.57. The van der Waals surface area contributed by atoms with Gasteiger partial charge in [-0.05, 0) is 60.6 Å². The summed E-state index contributed by atoms with van der Waals surface area (Å²) in [6, 6.07) is 7.93. The van der Waals surface area contributed by atoms with Crippen LogP contribution < -0.4 is 15.4 Å². The van der Waals surface area contributed by atoms with Gasteiger partial charge < -0.3 is 15.4 Å². The molecule has 0 bridgehead atoms. The summed E-state index contributed by atoms with van der Waals surface area (Å²) in [5, 5.41) is 6.32. The highest BCUT2D eigenvalue weighted by Crippen LogP contribution is 2.23. The summed E-state index contributed by atoms with van der Waals surface area (Å²) in [7, 11) is -1.59. The van der Waals surface area contributed by atoms with E-state index in [1.807, 2.05) is 12.1 Å². The first-order valence-corrected chi connectivity index (χ1v) is 12.4. The van der Waals surface area contributed by atoms with Crippen molar-refractivity contribution < 1.29 is 17.5 Å². The molecule has 0 amide bonds. The Labute approximate surface area is 206 Å². The molecule has 2 aromatic rings. The van der Waals surface area contributed by atoms with Crippen molar-refractivity contribution in [3.63, 3.8) is 0 Å². The third-order valence-corrected chi connectivity index (χ3v) is 5.94. The van der Waals surface area contributed by atoms with Crippen LogP contribution in [0.3, 0.4) is 0 Å². The second-order valence-corrected chi connectivity index (χ2v) is 9.93. The van der Waals surface area contributed by atoms with Crippen LogP contribution in [-0.2, 0) is 28.7 Å². The second-order valence-electron chi connectivity index (χ2n) is 7.79. The smallest absolute Gasteiger partial charge is 0.213 e. The van der Waals surface area contributed by atoms with Gasteiger partial charge in [-0.1, -0.05) is 6.07 Å². The summed E-state index contributed by atoms with van der Waals surface area (Å²) in [4.78, 5) is 8.48. The molecule has 1 aliphatic rings. The molecule has 1 aromatic carbocycles. The summed E-state index contributed by atoms with van der Waals surface area (Å²) in [6.45, 7) is 0.747. The van der Waals surface area contributed by atoms with Crippen molar-refractivity contribution in [2.45, 2.75) is 50.6 Å². The van der Waals surface area contributed by atoms with Gasteiger partial charge in [0.15, 0.2) is 15.8 Å². The van der Waals surface area contributed by atoms with Gasteiger partial charge in [0.25, 0.3) is 0 Å². The summed E-state index contributed by atoms with van der Waals surface area (Å²) in [5.74, 6) is 0.587. The van der Waals surface area contributed by atoms with Gasteiger partial charge in [0, 0.05) is 38.7 Å². The zero-order valence-corrected chi connectivity index (χ0v) is 21.5. The highest BCUT2D eigenvalue weighted by molar-refractivity contribution is 14.0. The molecule has 2 N–H and O–H groups in total. The number of ether oxygens (including phenoxy) is 1. The Kier molecular flexibility index (Phi) is 10.1. The fraction of sp³-hybridized carbons (Fsp3) is 0.455.